The smallest absolute Gasteiger partial charge is 0.138 e. The Labute approximate surface area is 200 Å². The van der Waals surface area contributed by atoms with E-state index >= 15 is 0 Å². The molecule has 0 saturated heterocycles. The van der Waals surface area contributed by atoms with Crippen molar-refractivity contribution < 1.29 is 4.39 Å². The van der Waals surface area contributed by atoms with Crippen molar-refractivity contribution in [3.05, 3.63) is 79.0 Å². The average molecular weight is 464 g/mol. The molecule has 0 aliphatic heterocycles. The molecule has 172 valence electrons. The number of benzene rings is 1. The fraction of sp³-hybridized carbons (Fsp3) is 0.111. The number of aromatic nitrogens is 6. The predicted octanol–water partition coefficient (Wildman–Crippen LogP) is 6.19. The Bertz CT molecular complexity index is 1680. The van der Waals surface area contributed by atoms with Gasteiger partial charge in [-0.2, -0.15) is 5.10 Å². The largest absolute Gasteiger partial charge is 0.382 e. The summed E-state index contributed by atoms with van der Waals surface area (Å²) < 4.78 is 13.9. The Kier molecular flexibility index (Phi) is 4.99. The van der Waals surface area contributed by atoms with Crippen LogP contribution < -0.4 is 5.32 Å². The molecular weight excluding hydrogens is 441 g/mol. The summed E-state index contributed by atoms with van der Waals surface area (Å²) in [5.74, 6) is -0.277. The van der Waals surface area contributed by atoms with Gasteiger partial charge in [-0.25, -0.2) is 14.4 Å². The number of hydrogen-bond donors (Lipinski definition) is 3. The summed E-state index contributed by atoms with van der Waals surface area (Å²) in [4.78, 5) is 17.1. The van der Waals surface area contributed by atoms with Gasteiger partial charge < -0.3 is 10.3 Å². The van der Waals surface area contributed by atoms with Crippen LogP contribution in [0, 0.1) is 5.82 Å². The van der Waals surface area contributed by atoms with Crippen molar-refractivity contribution in [1.29, 1.82) is 0 Å². The van der Waals surface area contributed by atoms with Crippen molar-refractivity contribution in [1.82, 2.24) is 30.1 Å². The highest BCUT2D eigenvalue weighted by molar-refractivity contribution is 5.99. The molecule has 8 heteroatoms. The number of halogens is 1. The second kappa shape index (κ2) is 8.32. The van der Waals surface area contributed by atoms with Gasteiger partial charge in [0.1, 0.15) is 22.7 Å². The minimum atomic E-state index is -0.277. The number of aromatic amines is 2. The molecule has 0 amide bonds. The van der Waals surface area contributed by atoms with E-state index in [1.54, 1.807) is 24.7 Å². The zero-order valence-electron chi connectivity index (χ0n) is 19.2. The first kappa shape index (κ1) is 21.0. The molecule has 0 bridgehead atoms. The summed E-state index contributed by atoms with van der Waals surface area (Å²) >= 11 is 0. The number of hydrogen-bond acceptors (Lipinski definition) is 5. The molecule has 0 saturated carbocycles. The fourth-order valence-electron chi connectivity index (χ4n) is 4.30. The molecule has 0 atom stereocenters. The SMILES string of the molecule is CC(C)Nc1cncc(-c2ccc3[nH]nc(-c4cc5c(-c6cccc(F)c6)ccnc5[nH]4)c3n2)c1. The van der Waals surface area contributed by atoms with Crippen molar-refractivity contribution in [2.75, 3.05) is 5.32 Å². The van der Waals surface area contributed by atoms with Gasteiger partial charge in [-0.1, -0.05) is 12.1 Å². The zero-order chi connectivity index (χ0) is 23.9. The Hall–Kier alpha value is -4.59. The molecule has 0 aliphatic carbocycles. The number of pyridine rings is 3. The van der Waals surface area contributed by atoms with E-state index in [0.29, 0.717) is 17.4 Å². The first-order chi connectivity index (χ1) is 17.0. The third-order valence-electron chi connectivity index (χ3n) is 5.82. The Balaban J connectivity index is 1.45. The van der Waals surface area contributed by atoms with Crippen LogP contribution in [0.25, 0.3) is 55.8 Å². The predicted molar refractivity (Wildman–Crippen MR) is 136 cm³/mol. The fourth-order valence-corrected chi connectivity index (χ4v) is 4.30. The number of nitrogens with zero attached hydrogens (tertiary/aromatic N) is 4. The third kappa shape index (κ3) is 3.89. The van der Waals surface area contributed by atoms with Crippen molar-refractivity contribution >= 4 is 27.8 Å². The van der Waals surface area contributed by atoms with Crippen LogP contribution in [0.3, 0.4) is 0 Å². The van der Waals surface area contributed by atoms with Crippen LogP contribution in [-0.4, -0.2) is 36.2 Å². The third-order valence-corrected chi connectivity index (χ3v) is 5.82. The molecule has 1 aromatic carbocycles. The lowest BCUT2D eigenvalue weighted by molar-refractivity contribution is 0.628. The molecule has 0 unspecified atom stereocenters. The van der Waals surface area contributed by atoms with Gasteiger partial charge in [-0.05, 0) is 67.4 Å². The van der Waals surface area contributed by atoms with Gasteiger partial charge >= 0.3 is 0 Å². The van der Waals surface area contributed by atoms with Crippen LogP contribution in [0.15, 0.2) is 73.2 Å². The van der Waals surface area contributed by atoms with Gasteiger partial charge in [0.15, 0.2) is 0 Å². The van der Waals surface area contributed by atoms with Crippen LogP contribution in [0.5, 0.6) is 0 Å². The molecule has 35 heavy (non-hydrogen) atoms. The van der Waals surface area contributed by atoms with Gasteiger partial charge in [-0.15, -0.1) is 0 Å². The molecule has 0 aliphatic rings. The maximum Gasteiger partial charge on any atom is 0.138 e. The number of fused-ring (bicyclic) bond motifs is 2. The van der Waals surface area contributed by atoms with E-state index in [4.69, 9.17) is 4.98 Å². The second-order valence-electron chi connectivity index (χ2n) is 8.74. The summed E-state index contributed by atoms with van der Waals surface area (Å²) in [6, 6.07) is 16.7. The summed E-state index contributed by atoms with van der Waals surface area (Å²) in [7, 11) is 0. The van der Waals surface area contributed by atoms with E-state index in [2.05, 4.69) is 44.3 Å². The van der Waals surface area contributed by atoms with E-state index in [-0.39, 0.29) is 5.82 Å². The van der Waals surface area contributed by atoms with Gasteiger partial charge in [0.2, 0.25) is 0 Å². The lowest BCUT2D eigenvalue weighted by atomic mass is 10.0. The minimum absolute atomic E-state index is 0.277. The van der Waals surface area contributed by atoms with Crippen molar-refractivity contribution in [2.24, 2.45) is 0 Å². The molecule has 6 rings (SSSR count). The monoisotopic (exact) mass is 463 g/mol. The van der Waals surface area contributed by atoms with Gasteiger partial charge in [0, 0.05) is 35.6 Å². The van der Waals surface area contributed by atoms with Crippen LogP contribution in [0.1, 0.15) is 13.8 Å². The minimum Gasteiger partial charge on any atom is -0.382 e. The van der Waals surface area contributed by atoms with Crippen LogP contribution in [-0.2, 0) is 0 Å². The van der Waals surface area contributed by atoms with E-state index in [1.165, 1.54) is 12.1 Å². The van der Waals surface area contributed by atoms with E-state index < -0.39 is 0 Å². The van der Waals surface area contributed by atoms with Gasteiger partial charge in [0.05, 0.1) is 22.6 Å². The maximum absolute atomic E-state index is 13.9. The summed E-state index contributed by atoms with van der Waals surface area (Å²) in [6.45, 7) is 4.17. The van der Waals surface area contributed by atoms with Crippen LogP contribution in [0.4, 0.5) is 10.1 Å². The number of rotatable bonds is 5. The van der Waals surface area contributed by atoms with E-state index in [1.807, 2.05) is 36.4 Å². The highest BCUT2D eigenvalue weighted by Gasteiger charge is 2.16. The van der Waals surface area contributed by atoms with Crippen LogP contribution in [0.2, 0.25) is 0 Å². The van der Waals surface area contributed by atoms with E-state index in [9.17, 15) is 4.39 Å². The number of anilines is 1. The molecule has 6 aromatic rings. The molecule has 0 fully saturated rings. The number of H-pyrrole nitrogens is 2. The normalized spacial score (nSPS) is 11.5. The maximum atomic E-state index is 13.9. The van der Waals surface area contributed by atoms with Crippen molar-refractivity contribution in [3.63, 3.8) is 0 Å². The molecule has 5 heterocycles. The summed E-state index contributed by atoms with van der Waals surface area (Å²) in [5.41, 5.74) is 8.07. The standard InChI is InChI=1S/C27H22FN7/c1-15(2)31-19-11-17(13-29-14-19)22-6-7-23-25(32-22)26(35-34-23)24-12-21-20(8-9-30-27(21)33-24)16-4-3-5-18(28)10-16/h3-15,31H,1-2H3,(H,30,33)(H,34,35). The van der Waals surface area contributed by atoms with E-state index in [0.717, 1.165) is 50.2 Å². The van der Waals surface area contributed by atoms with Gasteiger partial charge in [-0.3, -0.25) is 10.1 Å². The lowest BCUT2D eigenvalue weighted by Crippen LogP contribution is -2.09. The zero-order valence-corrected chi connectivity index (χ0v) is 19.2. The van der Waals surface area contributed by atoms with Crippen molar-refractivity contribution in [3.8, 4) is 33.8 Å². The van der Waals surface area contributed by atoms with Crippen molar-refractivity contribution in [2.45, 2.75) is 19.9 Å². The molecule has 7 nitrogen and oxygen atoms in total. The molecular formula is C27H22FN7. The first-order valence-corrected chi connectivity index (χ1v) is 11.4. The lowest BCUT2D eigenvalue weighted by Gasteiger charge is -2.10. The van der Waals surface area contributed by atoms with Gasteiger partial charge in [0.25, 0.3) is 0 Å². The second-order valence-corrected chi connectivity index (χ2v) is 8.74. The molecule has 0 radical (unpaired) electrons. The Morgan fingerprint density at radius 3 is 2.74 bits per heavy atom. The average Bonchev–Trinajstić information content (AvgIpc) is 3.47. The van der Waals surface area contributed by atoms with Crippen LogP contribution >= 0.6 is 0 Å². The Morgan fingerprint density at radius 2 is 1.89 bits per heavy atom. The highest BCUT2D eigenvalue weighted by atomic mass is 19.1. The highest BCUT2D eigenvalue weighted by Crippen LogP contribution is 2.33. The Morgan fingerprint density at radius 1 is 0.971 bits per heavy atom. The summed E-state index contributed by atoms with van der Waals surface area (Å²) in [6.07, 6.45) is 5.32. The first-order valence-electron chi connectivity index (χ1n) is 11.4. The molecule has 3 N–H and O–H groups in total. The molecule has 0 spiro atoms. The molecule has 5 aromatic heterocycles. The quantitative estimate of drug-likeness (QED) is 0.283. The number of nitrogens with one attached hydrogen (secondary N) is 3. The topological polar surface area (TPSA) is 95.2 Å². The summed E-state index contributed by atoms with van der Waals surface area (Å²) in [5, 5.41) is 11.9.